The van der Waals surface area contributed by atoms with Crippen molar-refractivity contribution < 1.29 is 4.74 Å². The Morgan fingerprint density at radius 3 is 2.48 bits per heavy atom. The topological polar surface area (TPSA) is 33.1 Å². The van der Waals surface area contributed by atoms with Crippen molar-refractivity contribution in [2.75, 3.05) is 0 Å². The van der Waals surface area contributed by atoms with E-state index in [4.69, 9.17) is 10.1 Å². The molecule has 23 heavy (non-hydrogen) atoms. The molecule has 0 fully saturated rings. The van der Waals surface area contributed by atoms with Crippen LogP contribution in [-0.4, -0.2) is 5.90 Å². The maximum atomic E-state index is 8.34. The molecule has 3 rings (SSSR count). The van der Waals surface area contributed by atoms with Gasteiger partial charge in [-0.2, -0.15) is 0 Å². The van der Waals surface area contributed by atoms with Crippen LogP contribution in [0.4, 0.5) is 0 Å². The molecule has 2 aromatic carbocycles. The Hall–Kier alpha value is -2.87. The lowest BCUT2D eigenvalue weighted by atomic mass is 9.99. The standard InChI is InChI=1S/C21H19NO/c1-16(17-10-4-2-5-11-17)23-21(22)20-15-9-8-14-19(20)18-12-6-3-7-13-18/h2-4,6-10,12-15,22H,1,5,11H2. The molecule has 0 radical (unpaired) electrons. The molecule has 0 unspecified atom stereocenters. The van der Waals surface area contributed by atoms with Crippen LogP contribution in [0.25, 0.3) is 11.1 Å². The van der Waals surface area contributed by atoms with Gasteiger partial charge in [-0.25, -0.2) is 0 Å². The molecule has 2 heteroatoms. The average molecular weight is 301 g/mol. The molecule has 1 N–H and O–H groups in total. The van der Waals surface area contributed by atoms with E-state index >= 15 is 0 Å². The highest BCUT2D eigenvalue weighted by Gasteiger charge is 2.13. The van der Waals surface area contributed by atoms with E-state index in [9.17, 15) is 0 Å². The zero-order valence-corrected chi connectivity index (χ0v) is 13.0. The molecule has 2 aromatic rings. The van der Waals surface area contributed by atoms with Crippen LogP contribution in [0.3, 0.4) is 0 Å². The molecule has 2 nitrogen and oxygen atoms in total. The molecule has 114 valence electrons. The second-order valence-corrected chi connectivity index (χ2v) is 5.42. The molecular weight excluding hydrogens is 282 g/mol. The summed E-state index contributed by atoms with van der Waals surface area (Å²) in [5.74, 6) is 0.687. The van der Waals surface area contributed by atoms with Crippen molar-refractivity contribution in [3.63, 3.8) is 0 Å². The first-order valence-corrected chi connectivity index (χ1v) is 7.72. The molecule has 0 aliphatic heterocycles. The Balaban J connectivity index is 1.84. The van der Waals surface area contributed by atoms with Gasteiger partial charge in [0.2, 0.25) is 5.90 Å². The minimum atomic E-state index is 0.130. The Morgan fingerprint density at radius 2 is 1.74 bits per heavy atom. The van der Waals surface area contributed by atoms with Crippen molar-refractivity contribution in [2.24, 2.45) is 0 Å². The van der Waals surface area contributed by atoms with Crippen LogP contribution in [0.5, 0.6) is 0 Å². The fourth-order valence-corrected chi connectivity index (χ4v) is 2.63. The van der Waals surface area contributed by atoms with Gasteiger partial charge >= 0.3 is 0 Å². The highest BCUT2D eigenvalue weighted by atomic mass is 16.5. The maximum absolute atomic E-state index is 8.34. The number of benzene rings is 2. The lowest BCUT2D eigenvalue weighted by Gasteiger charge is -2.16. The van der Waals surface area contributed by atoms with E-state index in [1.165, 1.54) is 0 Å². The molecule has 0 heterocycles. The molecule has 1 aliphatic rings. The summed E-state index contributed by atoms with van der Waals surface area (Å²) in [4.78, 5) is 0. The largest absolute Gasteiger partial charge is 0.439 e. The number of allylic oxidation sites excluding steroid dienone is 4. The monoisotopic (exact) mass is 301 g/mol. The second kappa shape index (κ2) is 6.93. The zero-order valence-electron chi connectivity index (χ0n) is 13.0. The minimum Gasteiger partial charge on any atom is -0.439 e. The van der Waals surface area contributed by atoms with Gasteiger partial charge in [-0.3, -0.25) is 5.41 Å². The third-order valence-electron chi connectivity index (χ3n) is 3.85. The van der Waals surface area contributed by atoms with Crippen molar-refractivity contribution >= 4 is 5.90 Å². The van der Waals surface area contributed by atoms with E-state index in [1.54, 1.807) is 0 Å². The second-order valence-electron chi connectivity index (χ2n) is 5.42. The van der Waals surface area contributed by atoms with Gasteiger partial charge < -0.3 is 4.74 Å². The van der Waals surface area contributed by atoms with Crippen molar-refractivity contribution in [1.29, 1.82) is 5.41 Å². The number of hydrogen-bond donors (Lipinski definition) is 1. The molecule has 0 amide bonds. The summed E-state index contributed by atoms with van der Waals surface area (Å²) in [6.45, 7) is 3.98. The van der Waals surface area contributed by atoms with Crippen LogP contribution >= 0.6 is 0 Å². The summed E-state index contributed by atoms with van der Waals surface area (Å²) >= 11 is 0. The van der Waals surface area contributed by atoms with Crippen molar-refractivity contribution in [2.45, 2.75) is 12.8 Å². The van der Waals surface area contributed by atoms with E-state index in [-0.39, 0.29) is 5.90 Å². The molecule has 1 aliphatic carbocycles. The predicted molar refractivity (Wildman–Crippen MR) is 95.4 cm³/mol. The van der Waals surface area contributed by atoms with Gasteiger partial charge in [0.25, 0.3) is 0 Å². The molecule has 0 atom stereocenters. The van der Waals surface area contributed by atoms with Crippen molar-refractivity contribution in [3.05, 3.63) is 96.3 Å². The summed E-state index contributed by atoms with van der Waals surface area (Å²) in [5.41, 5.74) is 3.88. The van der Waals surface area contributed by atoms with E-state index in [1.807, 2.05) is 66.7 Å². The average Bonchev–Trinajstić information content (AvgIpc) is 2.63. The van der Waals surface area contributed by atoms with Gasteiger partial charge in [-0.15, -0.1) is 0 Å². The Morgan fingerprint density at radius 1 is 1.00 bits per heavy atom. The molecule has 0 saturated carbocycles. The van der Waals surface area contributed by atoms with Crippen molar-refractivity contribution in [3.8, 4) is 11.1 Å². The fraction of sp³-hybridized carbons (Fsp3) is 0.0952. The zero-order chi connectivity index (χ0) is 16.1. The highest BCUT2D eigenvalue weighted by Crippen LogP contribution is 2.26. The smallest absolute Gasteiger partial charge is 0.219 e. The van der Waals surface area contributed by atoms with Gasteiger partial charge in [0, 0.05) is 5.56 Å². The summed E-state index contributed by atoms with van der Waals surface area (Å²) in [6.07, 6.45) is 8.02. The van der Waals surface area contributed by atoms with Crippen LogP contribution in [0.2, 0.25) is 0 Å². The lowest BCUT2D eigenvalue weighted by Crippen LogP contribution is -2.08. The molecule has 0 aromatic heterocycles. The summed E-state index contributed by atoms with van der Waals surface area (Å²) < 4.78 is 5.72. The van der Waals surface area contributed by atoms with Crippen LogP contribution in [0.15, 0.2) is 90.7 Å². The Labute approximate surface area is 136 Å². The third-order valence-corrected chi connectivity index (χ3v) is 3.85. The third kappa shape index (κ3) is 3.49. The fourth-order valence-electron chi connectivity index (χ4n) is 2.63. The predicted octanol–water partition coefficient (Wildman–Crippen LogP) is 5.49. The Bertz CT molecular complexity index is 784. The van der Waals surface area contributed by atoms with Crippen molar-refractivity contribution in [1.82, 2.24) is 0 Å². The van der Waals surface area contributed by atoms with Gasteiger partial charge in [0.05, 0.1) is 0 Å². The summed E-state index contributed by atoms with van der Waals surface area (Å²) in [6, 6.07) is 17.9. The summed E-state index contributed by atoms with van der Waals surface area (Å²) in [5, 5.41) is 8.34. The normalized spacial score (nSPS) is 13.3. The van der Waals surface area contributed by atoms with E-state index in [2.05, 4.69) is 12.7 Å². The first kappa shape index (κ1) is 15.0. The van der Waals surface area contributed by atoms with Crippen LogP contribution in [-0.2, 0) is 4.74 Å². The van der Waals surface area contributed by atoms with E-state index < -0.39 is 0 Å². The van der Waals surface area contributed by atoms with Crippen LogP contribution < -0.4 is 0 Å². The van der Waals surface area contributed by atoms with Crippen LogP contribution in [0.1, 0.15) is 18.4 Å². The first-order chi connectivity index (χ1) is 11.3. The molecule has 0 bridgehead atoms. The maximum Gasteiger partial charge on any atom is 0.219 e. The van der Waals surface area contributed by atoms with Crippen LogP contribution in [0, 0.1) is 5.41 Å². The lowest BCUT2D eigenvalue weighted by molar-refractivity contribution is 0.422. The summed E-state index contributed by atoms with van der Waals surface area (Å²) in [7, 11) is 0. The number of rotatable bonds is 4. The quantitative estimate of drug-likeness (QED) is 0.452. The Kier molecular flexibility index (Phi) is 4.53. The van der Waals surface area contributed by atoms with E-state index in [0.29, 0.717) is 5.76 Å². The first-order valence-electron chi connectivity index (χ1n) is 7.72. The SMILES string of the molecule is C=C(OC(=N)c1ccccc1-c1ccccc1)C1=CC=CCC1. The van der Waals surface area contributed by atoms with Gasteiger partial charge in [-0.1, -0.05) is 73.3 Å². The van der Waals surface area contributed by atoms with E-state index in [0.717, 1.165) is 35.1 Å². The number of ether oxygens (including phenoxy) is 1. The van der Waals surface area contributed by atoms with Gasteiger partial charge in [0.1, 0.15) is 5.76 Å². The molecule has 0 saturated heterocycles. The minimum absolute atomic E-state index is 0.130. The molecular formula is C21H19NO. The molecule has 0 spiro atoms. The number of hydrogen-bond acceptors (Lipinski definition) is 2. The van der Waals surface area contributed by atoms with Gasteiger partial charge in [0.15, 0.2) is 0 Å². The number of nitrogens with one attached hydrogen (secondary N) is 1. The van der Waals surface area contributed by atoms with Gasteiger partial charge in [-0.05, 0) is 35.6 Å². The highest BCUT2D eigenvalue weighted by molar-refractivity contribution is 5.99.